The fourth-order valence-electron chi connectivity index (χ4n) is 2.32. The Kier molecular flexibility index (Phi) is 9.71. The van der Waals surface area contributed by atoms with Crippen molar-refractivity contribution in [2.75, 3.05) is 39.5 Å². The van der Waals surface area contributed by atoms with E-state index < -0.39 is 0 Å². The Bertz CT molecular complexity index is 388. The van der Waals surface area contributed by atoms with Crippen molar-refractivity contribution in [3.63, 3.8) is 0 Å². The quantitative estimate of drug-likeness (QED) is 0.349. The monoisotopic (exact) mass is 342 g/mol. The zero-order valence-corrected chi connectivity index (χ0v) is 15.6. The summed E-state index contributed by atoms with van der Waals surface area (Å²) in [6.45, 7) is 11.8. The maximum atomic E-state index is 11.8. The van der Waals surface area contributed by atoms with Crippen LogP contribution in [0.15, 0.2) is 4.99 Å². The van der Waals surface area contributed by atoms with Crippen LogP contribution in [0.2, 0.25) is 0 Å². The maximum absolute atomic E-state index is 11.8. The molecule has 3 N–H and O–H groups in total. The van der Waals surface area contributed by atoms with Gasteiger partial charge in [0.2, 0.25) is 5.91 Å². The third-order valence-electron chi connectivity index (χ3n) is 3.37. The zero-order chi connectivity index (χ0) is 17.8. The number of hydrogen-bond acceptors (Lipinski definition) is 4. The average molecular weight is 342 g/mol. The van der Waals surface area contributed by atoms with Gasteiger partial charge in [0.1, 0.15) is 6.54 Å². The lowest BCUT2D eigenvalue weighted by Crippen LogP contribution is -2.43. The molecule has 7 heteroatoms. The van der Waals surface area contributed by atoms with E-state index in [-0.39, 0.29) is 18.0 Å². The van der Waals surface area contributed by atoms with Gasteiger partial charge < -0.3 is 25.4 Å². The van der Waals surface area contributed by atoms with Crippen molar-refractivity contribution >= 4 is 11.9 Å². The minimum absolute atomic E-state index is 0.0810. The minimum Gasteiger partial charge on any atom is -0.381 e. The lowest BCUT2D eigenvalue weighted by molar-refractivity contribution is -0.121. The summed E-state index contributed by atoms with van der Waals surface area (Å²) in [6.07, 6.45) is 3.21. The van der Waals surface area contributed by atoms with Crippen LogP contribution in [0.25, 0.3) is 0 Å². The number of nitrogens with zero attached hydrogens (tertiary/aromatic N) is 1. The van der Waals surface area contributed by atoms with Gasteiger partial charge in [0.05, 0.1) is 6.10 Å². The van der Waals surface area contributed by atoms with Gasteiger partial charge in [-0.1, -0.05) is 0 Å². The molecule has 1 heterocycles. The SMILES string of the molecule is CCNC(=NCC(=O)NC(C)(C)C)NCCCOC1CCOCC1. The van der Waals surface area contributed by atoms with E-state index in [1.54, 1.807) is 0 Å². The Morgan fingerprint density at radius 2 is 1.96 bits per heavy atom. The number of carbonyl (C=O) groups is 1. The van der Waals surface area contributed by atoms with Crippen molar-refractivity contribution in [3.05, 3.63) is 0 Å². The van der Waals surface area contributed by atoms with Gasteiger partial charge in [-0.25, -0.2) is 4.99 Å². The molecule has 24 heavy (non-hydrogen) atoms. The molecule has 0 atom stereocenters. The molecule has 7 nitrogen and oxygen atoms in total. The molecule has 0 saturated carbocycles. The number of guanidine groups is 1. The van der Waals surface area contributed by atoms with Crippen LogP contribution < -0.4 is 16.0 Å². The average Bonchev–Trinajstić information content (AvgIpc) is 2.51. The summed E-state index contributed by atoms with van der Waals surface area (Å²) in [6, 6.07) is 0. The highest BCUT2D eigenvalue weighted by Crippen LogP contribution is 2.10. The molecule has 140 valence electrons. The highest BCUT2D eigenvalue weighted by molar-refractivity contribution is 5.85. The molecule has 0 aromatic rings. The molecule has 1 saturated heterocycles. The maximum Gasteiger partial charge on any atom is 0.242 e. The molecule has 0 radical (unpaired) electrons. The number of carbonyl (C=O) groups excluding carboxylic acids is 1. The number of ether oxygens (including phenoxy) is 2. The molecule has 0 aromatic carbocycles. The topological polar surface area (TPSA) is 84.0 Å². The second kappa shape index (κ2) is 11.3. The van der Waals surface area contributed by atoms with Crippen LogP contribution in [0.1, 0.15) is 47.0 Å². The summed E-state index contributed by atoms with van der Waals surface area (Å²) in [5.41, 5.74) is -0.236. The Balaban J connectivity index is 2.21. The number of amides is 1. The second-order valence-electron chi connectivity index (χ2n) is 6.96. The van der Waals surface area contributed by atoms with E-state index in [1.807, 2.05) is 27.7 Å². The van der Waals surface area contributed by atoms with Gasteiger partial charge >= 0.3 is 0 Å². The molecular formula is C17H34N4O3. The first-order valence-corrected chi connectivity index (χ1v) is 8.93. The smallest absolute Gasteiger partial charge is 0.242 e. The minimum atomic E-state index is -0.236. The summed E-state index contributed by atoms with van der Waals surface area (Å²) >= 11 is 0. The van der Waals surface area contributed by atoms with Crippen LogP contribution in [-0.2, 0) is 14.3 Å². The molecule has 0 bridgehead atoms. The Labute approximate surface area is 146 Å². The Morgan fingerprint density at radius 1 is 1.25 bits per heavy atom. The summed E-state index contributed by atoms with van der Waals surface area (Å²) in [7, 11) is 0. The summed E-state index contributed by atoms with van der Waals surface area (Å²) in [5.74, 6) is 0.579. The number of aliphatic imine (C=N–C) groups is 1. The number of hydrogen-bond donors (Lipinski definition) is 3. The number of rotatable bonds is 8. The third-order valence-corrected chi connectivity index (χ3v) is 3.37. The first-order chi connectivity index (χ1) is 11.4. The molecule has 1 aliphatic heterocycles. The second-order valence-corrected chi connectivity index (χ2v) is 6.96. The van der Waals surface area contributed by atoms with Crippen LogP contribution in [0.4, 0.5) is 0 Å². The van der Waals surface area contributed by atoms with E-state index in [0.29, 0.717) is 12.1 Å². The van der Waals surface area contributed by atoms with Crippen molar-refractivity contribution in [2.24, 2.45) is 4.99 Å². The fourth-order valence-corrected chi connectivity index (χ4v) is 2.32. The summed E-state index contributed by atoms with van der Waals surface area (Å²) in [5, 5.41) is 9.27. The Hall–Kier alpha value is -1.34. The Morgan fingerprint density at radius 3 is 2.58 bits per heavy atom. The molecule has 0 unspecified atom stereocenters. The first kappa shape index (κ1) is 20.7. The van der Waals surface area contributed by atoms with Crippen molar-refractivity contribution < 1.29 is 14.3 Å². The molecule has 1 aliphatic rings. The van der Waals surface area contributed by atoms with Gasteiger partial charge in [0.15, 0.2) is 5.96 Å². The fraction of sp³-hybridized carbons (Fsp3) is 0.882. The van der Waals surface area contributed by atoms with Crippen LogP contribution in [0.3, 0.4) is 0 Å². The van der Waals surface area contributed by atoms with Crippen LogP contribution >= 0.6 is 0 Å². The highest BCUT2D eigenvalue weighted by Gasteiger charge is 2.14. The molecule has 1 amide bonds. The van der Waals surface area contributed by atoms with Crippen molar-refractivity contribution in [1.82, 2.24) is 16.0 Å². The van der Waals surface area contributed by atoms with Gasteiger partial charge in [-0.15, -0.1) is 0 Å². The largest absolute Gasteiger partial charge is 0.381 e. The number of nitrogens with one attached hydrogen (secondary N) is 3. The van der Waals surface area contributed by atoms with Gasteiger partial charge in [-0.2, -0.15) is 0 Å². The standard InChI is InChI=1S/C17H34N4O3/c1-5-18-16(20-13-15(22)21-17(2,3)4)19-9-6-10-24-14-7-11-23-12-8-14/h14H,5-13H2,1-4H3,(H,21,22)(H2,18,19,20). The van der Waals surface area contributed by atoms with Gasteiger partial charge in [-0.05, 0) is 47.0 Å². The molecule has 1 rings (SSSR count). The van der Waals surface area contributed by atoms with Crippen molar-refractivity contribution in [1.29, 1.82) is 0 Å². The summed E-state index contributed by atoms with van der Waals surface area (Å²) < 4.78 is 11.1. The van der Waals surface area contributed by atoms with Crippen LogP contribution in [0, 0.1) is 0 Å². The molecule has 0 aliphatic carbocycles. The zero-order valence-electron chi connectivity index (χ0n) is 15.6. The first-order valence-electron chi connectivity index (χ1n) is 8.93. The third kappa shape index (κ3) is 10.4. The van der Waals surface area contributed by atoms with Crippen LogP contribution in [-0.4, -0.2) is 63.0 Å². The van der Waals surface area contributed by atoms with E-state index in [4.69, 9.17) is 9.47 Å². The van der Waals surface area contributed by atoms with Crippen LogP contribution in [0.5, 0.6) is 0 Å². The highest BCUT2D eigenvalue weighted by atomic mass is 16.5. The van der Waals surface area contributed by atoms with Crippen molar-refractivity contribution in [3.8, 4) is 0 Å². The van der Waals surface area contributed by atoms with Gasteiger partial charge in [0.25, 0.3) is 0 Å². The van der Waals surface area contributed by atoms with E-state index in [9.17, 15) is 4.79 Å². The van der Waals surface area contributed by atoms with E-state index in [2.05, 4.69) is 20.9 Å². The predicted molar refractivity (Wildman–Crippen MR) is 96.3 cm³/mol. The molecule has 0 spiro atoms. The summed E-state index contributed by atoms with van der Waals surface area (Å²) in [4.78, 5) is 16.1. The predicted octanol–water partition coefficient (Wildman–Crippen LogP) is 1.04. The van der Waals surface area contributed by atoms with Gasteiger partial charge in [-0.3, -0.25) is 4.79 Å². The molecule has 1 fully saturated rings. The van der Waals surface area contributed by atoms with E-state index in [1.165, 1.54) is 0 Å². The molecular weight excluding hydrogens is 308 g/mol. The molecule has 0 aromatic heterocycles. The lowest BCUT2D eigenvalue weighted by atomic mass is 10.1. The van der Waals surface area contributed by atoms with Crippen molar-refractivity contribution in [2.45, 2.75) is 58.6 Å². The lowest BCUT2D eigenvalue weighted by Gasteiger charge is -2.22. The normalized spacial score (nSPS) is 16.8. The van der Waals surface area contributed by atoms with E-state index in [0.717, 1.165) is 52.2 Å². The van der Waals surface area contributed by atoms with E-state index >= 15 is 0 Å². The van der Waals surface area contributed by atoms with Gasteiger partial charge in [0, 0.05) is 38.4 Å².